The van der Waals surface area contributed by atoms with Crippen molar-refractivity contribution >= 4 is 5.91 Å². The van der Waals surface area contributed by atoms with Crippen LogP contribution in [0.2, 0.25) is 0 Å². The molecular weight excluding hydrogens is 312 g/mol. The minimum Gasteiger partial charge on any atom is -0.351 e. The van der Waals surface area contributed by atoms with Gasteiger partial charge in [0.2, 0.25) is 5.91 Å². The van der Waals surface area contributed by atoms with Crippen LogP contribution in [-0.4, -0.2) is 30.4 Å². The van der Waals surface area contributed by atoms with Gasteiger partial charge in [0.05, 0.1) is 11.6 Å². The molecule has 1 atom stereocenters. The summed E-state index contributed by atoms with van der Waals surface area (Å²) < 4.78 is 51.2. The largest absolute Gasteiger partial charge is 0.416 e. The van der Waals surface area contributed by atoms with E-state index in [2.05, 4.69) is 5.32 Å². The molecule has 7 heteroatoms. The zero-order chi connectivity index (χ0) is 17.0. The van der Waals surface area contributed by atoms with E-state index in [0.29, 0.717) is 6.07 Å². The summed E-state index contributed by atoms with van der Waals surface area (Å²) in [5, 5.41) is 2.62. The highest BCUT2D eigenvalue weighted by Gasteiger charge is 2.31. The molecule has 0 aliphatic carbocycles. The number of likely N-dealkylation sites (tertiary alicyclic amines) is 1. The van der Waals surface area contributed by atoms with Crippen LogP contribution in [0.4, 0.5) is 17.6 Å². The fourth-order valence-corrected chi connectivity index (χ4v) is 2.75. The van der Waals surface area contributed by atoms with Crippen LogP contribution < -0.4 is 5.32 Å². The number of carbonyl (C=O) groups is 1. The molecule has 1 aromatic carbocycles. The number of rotatable bonds is 3. The van der Waals surface area contributed by atoms with Crippen molar-refractivity contribution in [1.29, 1.82) is 0 Å². The molecule has 1 N–H and O–H groups in total. The average Bonchev–Trinajstić information content (AvgIpc) is 2.69. The molecule has 2 rings (SSSR count). The molecule has 0 saturated carbocycles. The van der Waals surface area contributed by atoms with Crippen LogP contribution in [0.1, 0.15) is 36.8 Å². The van der Waals surface area contributed by atoms with Crippen LogP contribution in [0.15, 0.2) is 18.2 Å². The summed E-state index contributed by atoms with van der Waals surface area (Å²) in [4.78, 5) is 14.2. The molecule has 0 unspecified atom stereocenters. The summed E-state index contributed by atoms with van der Waals surface area (Å²) in [7, 11) is 1.87. The number of benzene rings is 1. The van der Waals surface area contributed by atoms with Gasteiger partial charge in [0.25, 0.3) is 0 Å². The van der Waals surface area contributed by atoms with Crippen molar-refractivity contribution in [1.82, 2.24) is 10.2 Å². The second kappa shape index (κ2) is 7.29. The Morgan fingerprint density at radius 3 is 2.70 bits per heavy atom. The second-order valence-electron chi connectivity index (χ2n) is 5.87. The lowest BCUT2D eigenvalue weighted by Gasteiger charge is -2.24. The quantitative estimate of drug-likeness (QED) is 0.861. The lowest BCUT2D eigenvalue weighted by Crippen LogP contribution is -2.44. The van der Waals surface area contributed by atoms with E-state index in [9.17, 15) is 22.4 Å². The molecule has 1 aromatic rings. The summed E-state index contributed by atoms with van der Waals surface area (Å²) >= 11 is 0. The van der Waals surface area contributed by atoms with E-state index in [-0.39, 0.29) is 24.1 Å². The Hall–Kier alpha value is -1.63. The highest BCUT2D eigenvalue weighted by Crippen LogP contribution is 2.30. The number of carbonyl (C=O) groups excluding carboxylic acids is 1. The van der Waals surface area contributed by atoms with Gasteiger partial charge in [-0.1, -0.05) is 18.9 Å². The zero-order valence-corrected chi connectivity index (χ0v) is 12.9. The average molecular weight is 332 g/mol. The Morgan fingerprint density at radius 2 is 2.04 bits per heavy atom. The molecule has 0 bridgehead atoms. The van der Waals surface area contributed by atoms with Crippen LogP contribution >= 0.6 is 0 Å². The Labute approximate surface area is 132 Å². The molecule has 1 amide bonds. The van der Waals surface area contributed by atoms with Crippen molar-refractivity contribution in [3.05, 3.63) is 35.1 Å². The monoisotopic (exact) mass is 332 g/mol. The molecule has 128 valence electrons. The van der Waals surface area contributed by atoms with Gasteiger partial charge in [0, 0.05) is 12.1 Å². The van der Waals surface area contributed by atoms with E-state index in [1.165, 1.54) is 0 Å². The lowest BCUT2D eigenvalue weighted by molar-refractivity contribution is -0.137. The van der Waals surface area contributed by atoms with E-state index < -0.39 is 17.6 Å². The van der Waals surface area contributed by atoms with Gasteiger partial charge in [-0.05, 0) is 38.6 Å². The van der Waals surface area contributed by atoms with Crippen LogP contribution in [0.5, 0.6) is 0 Å². The highest BCUT2D eigenvalue weighted by atomic mass is 19.4. The number of nitrogens with one attached hydrogen (secondary N) is 1. The van der Waals surface area contributed by atoms with Crippen molar-refractivity contribution in [3.63, 3.8) is 0 Å². The van der Waals surface area contributed by atoms with E-state index in [1.807, 2.05) is 11.9 Å². The molecule has 1 aliphatic rings. The predicted octanol–water partition coefficient (Wildman–Crippen LogP) is 3.34. The smallest absolute Gasteiger partial charge is 0.351 e. The third kappa shape index (κ3) is 4.67. The van der Waals surface area contributed by atoms with Gasteiger partial charge in [0.15, 0.2) is 0 Å². The second-order valence-corrected chi connectivity index (χ2v) is 5.87. The predicted molar refractivity (Wildman–Crippen MR) is 78.1 cm³/mol. The van der Waals surface area contributed by atoms with Gasteiger partial charge in [0.1, 0.15) is 5.82 Å². The minimum atomic E-state index is -4.58. The SMILES string of the molecule is CN1CCCCC[C@H]1C(=O)NCc1ccc(C(F)(F)F)cc1F. The molecule has 0 aromatic heterocycles. The molecule has 1 fully saturated rings. The fourth-order valence-electron chi connectivity index (χ4n) is 2.75. The summed E-state index contributed by atoms with van der Waals surface area (Å²) in [5.41, 5.74) is -0.990. The van der Waals surface area contributed by atoms with Crippen LogP contribution in [-0.2, 0) is 17.5 Å². The molecule has 23 heavy (non-hydrogen) atoms. The Morgan fingerprint density at radius 1 is 1.30 bits per heavy atom. The normalized spacial score (nSPS) is 20.1. The molecule has 0 spiro atoms. The number of hydrogen-bond acceptors (Lipinski definition) is 2. The standard InChI is InChI=1S/C16H20F4N2O/c1-22-8-4-2-3-5-14(22)15(23)21-10-11-6-7-12(9-13(11)17)16(18,19)20/h6-7,9,14H,2-5,8,10H2,1H3,(H,21,23)/t14-/m0/s1. The molecule has 3 nitrogen and oxygen atoms in total. The third-order valence-corrected chi connectivity index (χ3v) is 4.16. The third-order valence-electron chi connectivity index (χ3n) is 4.16. The van der Waals surface area contributed by atoms with Gasteiger partial charge in [-0.25, -0.2) is 4.39 Å². The van der Waals surface area contributed by atoms with Gasteiger partial charge >= 0.3 is 6.18 Å². The topological polar surface area (TPSA) is 32.3 Å². The van der Waals surface area contributed by atoms with Crippen LogP contribution in [0, 0.1) is 5.82 Å². The van der Waals surface area contributed by atoms with Gasteiger partial charge < -0.3 is 5.32 Å². The first kappa shape index (κ1) is 17.7. The minimum absolute atomic E-state index is 0.0441. The maximum atomic E-state index is 13.8. The summed E-state index contributed by atoms with van der Waals surface area (Å²) in [6.45, 7) is 0.708. The number of amides is 1. The van der Waals surface area contributed by atoms with E-state index in [1.54, 1.807) is 0 Å². The Balaban J connectivity index is 1.98. The first-order valence-corrected chi connectivity index (χ1v) is 7.62. The maximum Gasteiger partial charge on any atom is 0.416 e. The van der Waals surface area contributed by atoms with Crippen LogP contribution in [0.3, 0.4) is 0 Å². The summed E-state index contributed by atoms with van der Waals surface area (Å²) in [6, 6.07) is 2.08. The van der Waals surface area contributed by atoms with E-state index in [4.69, 9.17) is 0 Å². The molecule has 1 heterocycles. The van der Waals surface area contributed by atoms with Crippen molar-refractivity contribution in [2.24, 2.45) is 0 Å². The number of halogens is 4. The number of alkyl halides is 3. The number of hydrogen-bond donors (Lipinski definition) is 1. The van der Waals surface area contributed by atoms with Crippen molar-refractivity contribution in [2.75, 3.05) is 13.6 Å². The molecule has 1 aliphatic heterocycles. The Kier molecular flexibility index (Phi) is 5.62. The molecule has 0 radical (unpaired) electrons. The fraction of sp³-hybridized carbons (Fsp3) is 0.562. The van der Waals surface area contributed by atoms with E-state index >= 15 is 0 Å². The van der Waals surface area contributed by atoms with Crippen molar-refractivity contribution in [2.45, 2.75) is 44.4 Å². The van der Waals surface area contributed by atoms with Crippen molar-refractivity contribution in [3.8, 4) is 0 Å². The van der Waals surface area contributed by atoms with E-state index in [0.717, 1.165) is 44.4 Å². The summed E-state index contributed by atoms with van der Waals surface area (Å²) in [5.74, 6) is -1.18. The number of likely N-dealkylation sites (N-methyl/N-ethyl adjacent to an activating group) is 1. The first-order chi connectivity index (χ1) is 10.8. The zero-order valence-electron chi connectivity index (χ0n) is 12.9. The molecular formula is C16H20F4N2O. The van der Waals surface area contributed by atoms with Gasteiger partial charge in [-0.15, -0.1) is 0 Å². The number of nitrogens with zero attached hydrogens (tertiary/aromatic N) is 1. The molecule has 1 saturated heterocycles. The van der Waals surface area contributed by atoms with Gasteiger partial charge in [-0.2, -0.15) is 13.2 Å². The van der Waals surface area contributed by atoms with Crippen molar-refractivity contribution < 1.29 is 22.4 Å². The first-order valence-electron chi connectivity index (χ1n) is 7.62. The highest BCUT2D eigenvalue weighted by molar-refractivity contribution is 5.81. The van der Waals surface area contributed by atoms with Gasteiger partial charge in [-0.3, -0.25) is 9.69 Å². The lowest BCUT2D eigenvalue weighted by atomic mass is 10.1. The van der Waals surface area contributed by atoms with Crippen LogP contribution in [0.25, 0.3) is 0 Å². The maximum absolute atomic E-state index is 13.8. The Bertz CT molecular complexity index is 560. The summed E-state index contributed by atoms with van der Waals surface area (Å²) in [6.07, 6.45) is -0.782.